The lowest BCUT2D eigenvalue weighted by molar-refractivity contribution is -0.141. The van der Waals surface area contributed by atoms with E-state index >= 15 is 0 Å². The van der Waals surface area contributed by atoms with E-state index in [2.05, 4.69) is 5.32 Å². The fourth-order valence-electron chi connectivity index (χ4n) is 2.06. The van der Waals surface area contributed by atoms with Crippen LogP contribution in [0.4, 0.5) is 19.3 Å². The maximum Gasteiger partial charge on any atom is 0.326 e. The molecule has 3 N–H and O–H groups in total. The summed E-state index contributed by atoms with van der Waals surface area (Å²) in [4.78, 5) is 23.7. The molecule has 0 aliphatic carbocycles. The maximum atomic E-state index is 13.4. The third kappa shape index (κ3) is 2.69. The number of benzene rings is 1. The average Bonchev–Trinajstić information content (AvgIpc) is 2.77. The van der Waals surface area contributed by atoms with Gasteiger partial charge in [0.2, 0.25) is 0 Å². The summed E-state index contributed by atoms with van der Waals surface area (Å²) in [7, 11) is 0. The summed E-state index contributed by atoms with van der Waals surface area (Å²) in [6, 6.07) is 1.16. The Kier molecular flexibility index (Phi) is 3.84. The number of carbonyl (C=O) groups excluding carboxylic acids is 1. The number of urea groups is 1. The van der Waals surface area contributed by atoms with E-state index in [1.165, 1.54) is 6.07 Å². The second-order valence-electron chi connectivity index (χ2n) is 4.43. The number of nitrogens with zero attached hydrogens (tertiary/aromatic N) is 1. The van der Waals surface area contributed by atoms with E-state index in [-0.39, 0.29) is 18.7 Å². The first kappa shape index (κ1) is 14.2. The van der Waals surface area contributed by atoms with Gasteiger partial charge in [-0.15, -0.1) is 0 Å². The molecular weight excluding hydrogens is 274 g/mol. The van der Waals surface area contributed by atoms with Gasteiger partial charge in [-0.3, -0.25) is 0 Å². The van der Waals surface area contributed by atoms with E-state index in [0.717, 1.165) is 17.0 Å². The van der Waals surface area contributed by atoms with Gasteiger partial charge in [0.25, 0.3) is 0 Å². The van der Waals surface area contributed by atoms with Crippen LogP contribution in [-0.2, 0) is 4.79 Å². The Bertz CT molecular complexity index is 552. The lowest BCUT2D eigenvalue weighted by Gasteiger charge is -2.21. The Labute approximate surface area is 112 Å². The highest BCUT2D eigenvalue weighted by atomic mass is 19.2. The molecule has 2 amide bonds. The van der Waals surface area contributed by atoms with Crippen molar-refractivity contribution in [3.05, 3.63) is 29.8 Å². The van der Waals surface area contributed by atoms with Crippen LogP contribution in [0, 0.1) is 11.6 Å². The third-order valence-corrected chi connectivity index (χ3v) is 3.02. The van der Waals surface area contributed by atoms with E-state index in [0.29, 0.717) is 0 Å². The number of aliphatic hydroxyl groups is 1. The van der Waals surface area contributed by atoms with Crippen LogP contribution < -0.4 is 5.32 Å². The van der Waals surface area contributed by atoms with Crippen molar-refractivity contribution in [1.82, 2.24) is 4.90 Å². The molecule has 1 saturated heterocycles. The molecule has 2 rings (SSSR count). The number of hydrogen-bond donors (Lipinski definition) is 3. The molecule has 2 atom stereocenters. The Morgan fingerprint density at radius 3 is 2.70 bits per heavy atom. The number of carboxylic acids is 1. The fraction of sp³-hybridized carbons (Fsp3) is 0.333. The highest BCUT2D eigenvalue weighted by Gasteiger charge is 2.39. The molecule has 1 aliphatic rings. The number of aliphatic hydroxyl groups excluding tert-OH is 1. The van der Waals surface area contributed by atoms with Gasteiger partial charge in [0.15, 0.2) is 11.6 Å². The van der Waals surface area contributed by atoms with Crippen LogP contribution in [0.5, 0.6) is 0 Å². The predicted octanol–water partition coefficient (Wildman–Crippen LogP) is 1.02. The summed E-state index contributed by atoms with van der Waals surface area (Å²) in [5, 5.41) is 20.5. The maximum absolute atomic E-state index is 13.4. The molecule has 1 aromatic carbocycles. The van der Waals surface area contributed by atoms with Gasteiger partial charge in [0.05, 0.1) is 11.8 Å². The van der Waals surface area contributed by atoms with Crippen LogP contribution >= 0.6 is 0 Å². The summed E-state index contributed by atoms with van der Waals surface area (Å²) in [5.41, 5.74) is -0.388. The molecule has 1 heterocycles. The number of anilines is 1. The summed E-state index contributed by atoms with van der Waals surface area (Å²) in [5.74, 6) is -3.62. The molecule has 108 valence electrons. The second kappa shape index (κ2) is 5.41. The molecule has 20 heavy (non-hydrogen) atoms. The van der Waals surface area contributed by atoms with E-state index in [1.54, 1.807) is 0 Å². The standard InChI is InChI=1S/C12H12F2N2O4/c13-7-2-1-3-8(10(7)14)15-12(20)16-5-6(17)4-9(16)11(18)19/h1-3,6,9,17H,4-5H2,(H,15,20)(H,18,19)/t6-,9-/m0/s1. The zero-order valence-electron chi connectivity index (χ0n) is 10.2. The Morgan fingerprint density at radius 2 is 2.05 bits per heavy atom. The number of carboxylic acid groups (broad SMARTS) is 1. The van der Waals surface area contributed by atoms with Gasteiger partial charge in [-0.05, 0) is 12.1 Å². The number of hydrogen-bond acceptors (Lipinski definition) is 3. The highest BCUT2D eigenvalue weighted by molar-refractivity contribution is 5.92. The molecule has 0 aromatic heterocycles. The van der Waals surface area contributed by atoms with Crippen LogP contribution in [0.3, 0.4) is 0 Å². The van der Waals surface area contributed by atoms with E-state index in [1.807, 2.05) is 0 Å². The molecule has 1 aromatic rings. The van der Waals surface area contributed by atoms with E-state index in [9.17, 15) is 23.5 Å². The quantitative estimate of drug-likeness (QED) is 0.757. The van der Waals surface area contributed by atoms with Crippen LogP contribution in [0.2, 0.25) is 0 Å². The first-order valence-electron chi connectivity index (χ1n) is 5.82. The molecule has 0 unspecified atom stereocenters. The van der Waals surface area contributed by atoms with E-state index in [4.69, 9.17) is 5.11 Å². The summed E-state index contributed by atoms with van der Waals surface area (Å²) in [6.07, 6.45) is -1.06. The summed E-state index contributed by atoms with van der Waals surface area (Å²) in [6.45, 7) is -0.181. The van der Waals surface area contributed by atoms with Crippen LogP contribution in [-0.4, -0.2) is 45.8 Å². The van der Waals surface area contributed by atoms with Gasteiger partial charge >= 0.3 is 12.0 Å². The van der Waals surface area contributed by atoms with Crippen molar-refractivity contribution in [2.45, 2.75) is 18.6 Å². The van der Waals surface area contributed by atoms with Gasteiger partial charge < -0.3 is 20.4 Å². The summed E-state index contributed by atoms with van der Waals surface area (Å²) < 4.78 is 26.4. The minimum atomic E-state index is -1.27. The SMILES string of the molecule is O=C(O)[C@@H]1C[C@H](O)CN1C(=O)Nc1cccc(F)c1F. The minimum Gasteiger partial charge on any atom is -0.480 e. The molecule has 1 aliphatic heterocycles. The Hall–Kier alpha value is -2.22. The van der Waals surface area contributed by atoms with Crippen molar-refractivity contribution in [3.63, 3.8) is 0 Å². The molecule has 6 nitrogen and oxygen atoms in total. The molecule has 1 fully saturated rings. The van der Waals surface area contributed by atoms with Crippen molar-refractivity contribution in [2.75, 3.05) is 11.9 Å². The number of amides is 2. The van der Waals surface area contributed by atoms with Crippen molar-refractivity contribution in [3.8, 4) is 0 Å². The molecule has 0 saturated carbocycles. The first-order valence-corrected chi connectivity index (χ1v) is 5.82. The predicted molar refractivity (Wildman–Crippen MR) is 64.1 cm³/mol. The van der Waals surface area contributed by atoms with Gasteiger partial charge in [0, 0.05) is 13.0 Å². The molecule has 0 bridgehead atoms. The second-order valence-corrected chi connectivity index (χ2v) is 4.43. The number of β-amino-alcohol motifs (C(OH)–C–C–N with tert-alkyl or cyclic N) is 1. The van der Waals surface area contributed by atoms with Gasteiger partial charge in [-0.2, -0.15) is 0 Å². The molecule has 0 radical (unpaired) electrons. The van der Waals surface area contributed by atoms with Gasteiger partial charge in [-0.25, -0.2) is 18.4 Å². The minimum absolute atomic E-state index is 0.103. The van der Waals surface area contributed by atoms with Crippen molar-refractivity contribution in [1.29, 1.82) is 0 Å². The number of nitrogens with one attached hydrogen (secondary N) is 1. The zero-order valence-corrected chi connectivity index (χ0v) is 10.2. The van der Waals surface area contributed by atoms with Crippen molar-refractivity contribution < 1.29 is 28.6 Å². The van der Waals surface area contributed by atoms with Crippen molar-refractivity contribution in [2.24, 2.45) is 0 Å². The van der Waals surface area contributed by atoms with Gasteiger partial charge in [-0.1, -0.05) is 6.07 Å². The molecular formula is C12H12F2N2O4. The number of likely N-dealkylation sites (tertiary alicyclic amines) is 1. The largest absolute Gasteiger partial charge is 0.480 e. The topological polar surface area (TPSA) is 89.9 Å². The van der Waals surface area contributed by atoms with Crippen LogP contribution in [0.15, 0.2) is 18.2 Å². The van der Waals surface area contributed by atoms with Crippen LogP contribution in [0.25, 0.3) is 0 Å². The zero-order chi connectivity index (χ0) is 14.9. The molecule has 8 heteroatoms. The Balaban J connectivity index is 2.15. The average molecular weight is 286 g/mol. The Morgan fingerprint density at radius 1 is 1.35 bits per heavy atom. The number of rotatable bonds is 2. The lowest BCUT2D eigenvalue weighted by atomic mass is 10.2. The van der Waals surface area contributed by atoms with Crippen LogP contribution in [0.1, 0.15) is 6.42 Å². The number of aliphatic carboxylic acids is 1. The number of carbonyl (C=O) groups is 2. The van der Waals surface area contributed by atoms with Gasteiger partial charge in [0.1, 0.15) is 6.04 Å². The monoisotopic (exact) mass is 286 g/mol. The summed E-state index contributed by atoms with van der Waals surface area (Å²) >= 11 is 0. The van der Waals surface area contributed by atoms with E-state index < -0.39 is 35.8 Å². The normalized spacial score (nSPS) is 21.9. The smallest absolute Gasteiger partial charge is 0.326 e. The molecule has 0 spiro atoms. The fourth-order valence-corrected chi connectivity index (χ4v) is 2.06. The lowest BCUT2D eigenvalue weighted by Crippen LogP contribution is -2.43. The number of halogens is 2. The van der Waals surface area contributed by atoms with Crippen molar-refractivity contribution >= 4 is 17.7 Å². The highest BCUT2D eigenvalue weighted by Crippen LogP contribution is 2.21. The first-order chi connectivity index (χ1) is 9.40. The third-order valence-electron chi connectivity index (χ3n) is 3.02.